The molecule has 1 aliphatic heterocycles. The van der Waals surface area contributed by atoms with Gasteiger partial charge in [0.2, 0.25) is 0 Å². The molecule has 1 aliphatic carbocycles. The van der Waals surface area contributed by atoms with Crippen LogP contribution in [0.25, 0.3) is 44.5 Å². The summed E-state index contributed by atoms with van der Waals surface area (Å²) in [6.07, 6.45) is 0. The molecule has 0 radical (unpaired) electrons. The minimum absolute atomic E-state index is 0.614. The number of hydrogen-bond donors (Lipinski definition) is 0. The predicted octanol–water partition coefficient (Wildman–Crippen LogP) is 14.6. The largest absolute Gasteiger partial charge is 0.457 e. The molecule has 0 amide bonds. The second-order valence-corrected chi connectivity index (χ2v) is 14.8. The fraction of sp³-hybridized carbons (Fsp3) is 0.0182. The summed E-state index contributed by atoms with van der Waals surface area (Å²) in [5, 5.41) is 0. The SMILES string of the molecule is c1ccc(-c2ccc(N(c3ccc(-c4ccccc4)cc3)c3ccc4c(c3)C3(c5ccccc5Oc5ccccc53)c3cccc(-c5ccccc5)c3-4)cc2)cc1. The summed E-state index contributed by atoms with van der Waals surface area (Å²) in [5.74, 6) is 1.77. The Morgan fingerprint density at radius 2 is 0.737 bits per heavy atom. The van der Waals surface area contributed by atoms with Gasteiger partial charge in [0.05, 0.1) is 5.41 Å². The number of nitrogens with zero attached hydrogens (tertiary/aromatic N) is 1. The molecule has 0 unspecified atom stereocenters. The number of hydrogen-bond acceptors (Lipinski definition) is 2. The number of rotatable bonds is 6. The van der Waals surface area contributed by atoms with Crippen molar-refractivity contribution < 1.29 is 4.74 Å². The highest BCUT2D eigenvalue weighted by atomic mass is 16.5. The first-order valence-corrected chi connectivity index (χ1v) is 19.6. The van der Waals surface area contributed by atoms with E-state index in [2.05, 4.69) is 229 Å². The van der Waals surface area contributed by atoms with Crippen molar-refractivity contribution in [1.29, 1.82) is 0 Å². The van der Waals surface area contributed by atoms with E-state index in [4.69, 9.17) is 4.74 Å². The molecule has 11 rings (SSSR count). The summed E-state index contributed by atoms with van der Waals surface area (Å²) >= 11 is 0. The lowest BCUT2D eigenvalue weighted by atomic mass is 9.66. The highest BCUT2D eigenvalue weighted by Crippen LogP contribution is 2.64. The summed E-state index contributed by atoms with van der Waals surface area (Å²) in [4.78, 5) is 2.40. The molecule has 0 bridgehead atoms. The molecule has 2 aliphatic rings. The summed E-state index contributed by atoms with van der Waals surface area (Å²) in [5.41, 5.74) is 17.2. The monoisotopic (exact) mass is 727 g/mol. The molecule has 2 nitrogen and oxygen atoms in total. The van der Waals surface area contributed by atoms with Crippen molar-refractivity contribution in [1.82, 2.24) is 0 Å². The lowest BCUT2D eigenvalue weighted by Gasteiger charge is -2.39. The van der Waals surface area contributed by atoms with E-state index in [1.165, 1.54) is 55.6 Å². The van der Waals surface area contributed by atoms with Gasteiger partial charge in [-0.05, 0) is 104 Å². The van der Waals surface area contributed by atoms with Crippen LogP contribution in [0.3, 0.4) is 0 Å². The second-order valence-electron chi connectivity index (χ2n) is 14.8. The van der Waals surface area contributed by atoms with Crippen molar-refractivity contribution in [3.05, 3.63) is 247 Å². The molecular formula is C55H37NO. The van der Waals surface area contributed by atoms with Crippen LogP contribution in [-0.2, 0) is 5.41 Å². The van der Waals surface area contributed by atoms with Crippen molar-refractivity contribution in [3.8, 4) is 56.0 Å². The summed E-state index contributed by atoms with van der Waals surface area (Å²) in [6, 6.07) is 81.0. The fourth-order valence-corrected chi connectivity index (χ4v) is 9.25. The molecule has 2 heteroatoms. The molecule has 0 saturated heterocycles. The second kappa shape index (κ2) is 13.4. The molecule has 9 aromatic carbocycles. The molecule has 1 spiro atoms. The minimum atomic E-state index is -0.614. The third-order valence-corrected chi connectivity index (χ3v) is 11.8. The van der Waals surface area contributed by atoms with Crippen molar-refractivity contribution in [2.75, 3.05) is 4.90 Å². The average Bonchev–Trinajstić information content (AvgIpc) is 3.58. The van der Waals surface area contributed by atoms with Gasteiger partial charge in [0.15, 0.2) is 0 Å². The summed E-state index contributed by atoms with van der Waals surface area (Å²) < 4.78 is 6.71. The quantitative estimate of drug-likeness (QED) is 0.169. The fourth-order valence-electron chi connectivity index (χ4n) is 9.25. The molecule has 57 heavy (non-hydrogen) atoms. The molecule has 0 N–H and O–H groups in total. The molecule has 0 aromatic heterocycles. The van der Waals surface area contributed by atoms with E-state index in [9.17, 15) is 0 Å². The number of ether oxygens (including phenoxy) is 1. The van der Waals surface area contributed by atoms with E-state index in [-0.39, 0.29) is 0 Å². The van der Waals surface area contributed by atoms with Gasteiger partial charge < -0.3 is 9.64 Å². The zero-order valence-corrected chi connectivity index (χ0v) is 31.2. The Kier molecular flexibility index (Phi) is 7.75. The molecule has 268 valence electrons. The van der Waals surface area contributed by atoms with Crippen LogP contribution in [0.4, 0.5) is 17.1 Å². The standard InChI is InChI=1S/C55H37NO/c1-4-15-38(16-5-1)40-27-31-43(32-28-40)56(44-33-29-41(30-34-44)39-17-6-2-7-18-39)45-35-36-47-51(37-45)55(50-24-14-21-46(54(47)50)42-19-8-3-9-20-42)48-22-10-12-25-52(48)57-53-26-13-11-23-49(53)55/h1-37H. The van der Waals surface area contributed by atoms with Gasteiger partial charge in [0.25, 0.3) is 0 Å². The van der Waals surface area contributed by atoms with E-state index < -0.39 is 5.41 Å². The minimum Gasteiger partial charge on any atom is -0.457 e. The van der Waals surface area contributed by atoms with E-state index in [0.29, 0.717) is 0 Å². The summed E-state index contributed by atoms with van der Waals surface area (Å²) in [7, 11) is 0. The molecule has 0 saturated carbocycles. The molecule has 0 atom stereocenters. The number of anilines is 3. The topological polar surface area (TPSA) is 12.5 Å². The predicted molar refractivity (Wildman–Crippen MR) is 235 cm³/mol. The van der Waals surface area contributed by atoms with Crippen LogP contribution < -0.4 is 9.64 Å². The Labute approximate surface area is 333 Å². The zero-order valence-electron chi connectivity index (χ0n) is 31.2. The Hall–Kier alpha value is -7.42. The van der Waals surface area contributed by atoms with Crippen molar-refractivity contribution in [2.45, 2.75) is 5.41 Å². The third-order valence-electron chi connectivity index (χ3n) is 11.8. The van der Waals surface area contributed by atoms with Gasteiger partial charge in [-0.1, -0.05) is 176 Å². The van der Waals surface area contributed by atoms with Crippen LogP contribution in [0.1, 0.15) is 22.3 Å². The smallest absolute Gasteiger partial charge is 0.132 e. The molecular weight excluding hydrogens is 691 g/mol. The lowest BCUT2D eigenvalue weighted by molar-refractivity contribution is 0.436. The highest BCUT2D eigenvalue weighted by Gasteiger charge is 2.51. The molecule has 9 aromatic rings. The third kappa shape index (κ3) is 5.26. The summed E-state index contributed by atoms with van der Waals surface area (Å²) in [6.45, 7) is 0. The number of para-hydroxylation sites is 2. The highest BCUT2D eigenvalue weighted by molar-refractivity contribution is 5.98. The van der Waals surface area contributed by atoms with Gasteiger partial charge >= 0.3 is 0 Å². The molecule has 0 fully saturated rings. The van der Waals surface area contributed by atoms with Crippen molar-refractivity contribution in [3.63, 3.8) is 0 Å². The first-order chi connectivity index (χ1) is 28.3. The van der Waals surface area contributed by atoms with Crippen LogP contribution in [0, 0.1) is 0 Å². The van der Waals surface area contributed by atoms with E-state index >= 15 is 0 Å². The zero-order chi connectivity index (χ0) is 37.8. The van der Waals surface area contributed by atoms with E-state index in [1.54, 1.807) is 0 Å². The number of benzene rings is 9. The van der Waals surface area contributed by atoms with Gasteiger partial charge in [-0.25, -0.2) is 0 Å². The number of fused-ring (bicyclic) bond motifs is 9. The van der Waals surface area contributed by atoms with Crippen LogP contribution in [-0.4, -0.2) is 0 Å². The van der Waals surface area contributed by atoms with Crippen LogP contribution in [0.5, 0.6) is 11.5 Å². The van der Waals surface area contributed by atoms with Crippen LogP contribution in [0.15, 0.2) is 224 Å². The maximum atomic E-state index is 6.71. The Bertz CT molecular complexity index is 2770. The maximum absolute atomic E-state index is 6.71. The van der Waals surface area contributed by atoms with E-state index in [0.717, 1.165) is 39.7 Å². The maximum Gasteiger partial charge on any atom is 0.132 e. The van der Waals surface area contributed by atoms with Gasteiger partial charge in [-0.2, -0.15) is 0 Å². The molecule has 1 heterocycles. The average molecular weight is 728 g/mol. The Balaban J connectivity index is 1.17. The van der Waals surface area contributed by atoms with E-state index in [1.807, 2.05) is 0 Å². The van der Waals surface area contributed by atoms with Crippen molar-refractivity contribution in [2.24, 2.45) is 0 Å². The van der Waals surface area contributed by atoms with Crippen LogP contribution in [0.2, 0.25) is 0 Å². The van der Waals surface area contributed by atoms with Crippen LogP contribution >= 0.6 is 0 Å². The van der Waals surface area contributed by atoms with Crippen molar-refractivity contribution >= 4 is 17.1 Å². The van der Waals surface area contributed by atoms with Gasteiger partial charge in [0.1, 0.15) is 11.5 Å². The van der Waals surface area contributed by atoms with Gasteiger partial charge in [-0.15, -0.1) is 0 Å². The normalized spacial score (nSPS) is 12.8. The Morgan fingerprint density at radius 1 is 0.298 bits per heavy atom. The van der Waals surface area contributed by atoms with Gasteiger partial charge in [-0.3, -0.25) is 0 Å². The first-order valence-electron chi connectivity index (χ1n) is 19.6. The lowest BCUT2D eigenvalue weighted by Crippen LogP contribution is -2.32. The Morgan fingerprint density at radius 3 is 1.28 bits per heavy atom. The first kappa shape index (κ1) is 33.0. The van der Waals surface area contributed by atoms with Gasteiger partial charge in [0, 0.05) is 28.2 Å².